The van der Waals surface area contributed by atoms with Crippen LogP contribution in [0.15, 0.2) is 30.3 Å². The second kappa shape index (κ2) is 9.90. The van der Waals surface area contributed by atoms with Crippen LogP contribution in [0.3, 0.4) is 0 Å². The Hall–Kier alpha value is -0.940. The van der Waals surface area contributed by atoms with E-state index in [2.05, 4.69) is 42.3 Å². The summed E-state index contributed by atoms with van der Waals surface area (Å²) in [4.78, 5) is 2.38. The molecule has 3 N–H and O–H groups in total. The van der Waals surface area contributed by atoms with Crippen LogP contribution in [0.25, 0.3) is 0 Å². The van der Waals surface area contributed by atoms with E-state index >= 15 is 0 Å². The van der Waals surface area contributed by atoms with E-state index in [1.165, 1.54) is 18.5 Å². The number of aliphatic hydroxyl groups is 1. The zero-order chi connectivity index (χ0) is 15.7. The van der Waals surface area contributed by atoms with Gasteiger partial charge in [0.25, 0.3) is 0 Å². The molecule has 2 unspecified atom stereocenters. The number of likely N-dealkylation sites (tertiary alicyclic amines) is 1. The molecule has 0 spiro atoms. The van der Waals surface area contributed by atoms with Crippen molar-refractivity contribution in [3.8, 4) is 0 Å². The number of nitrogens with zero attached hydrogens (tertiary/aromatic N) is 2. The fourth-order valence-corrected chi connectivity index (χ4v) is 2.67. The molecule has 2 fully saturated rings. The van der Waals surface area contributed by atoms with Crippen molar-refractivity contribution in [2.75, 3.05) is 26.7 Å². The molecule has 21 heavy (non-hydrogen) atoms. The summed E-state index contributed by atoms with van der Waals surface area (Å²) in [6.07, 6.45) is 3.50. The number of nitrogens with two attached hydrogens (primary N) is 1. The van der Waals surface area contributed by atoms with E-state index in [0.717, 1.165) is 19.4 Å². The molecule has 2 atom stereocenters. The Morgan fingerprint density at radius 3 is 2.14 bits per heavy atom. The van der Waals surface area contributed by atoms with Crippen molar-refractivity contribution in [1.82, 2.24) is 9.91 Å². The zero-order valence-electron chi connectivity index (χ0n) is 13.7. The molecule has 1 aromatic rings. The average molecular weight is 293 g/mol. The SMILES string of the molecule is CC.CN1CCC1c1ccccc1.NN1CCCC1CO. The van der Waals surface area contributed by atoms with Gasteiger partial charge in [0.15, 0.2) is 0 Å². The summed E-state index contributed by atoms with van der Waals surface area (Å²) in [6.45, 7) is 6.39. The number of aliphatic hydroxyl groups excluding tert-OH is 1. The van der Waals surface area contributed by atoms with Gasteiger partial charge in [0, 0.05) is 25.2 Å². The summed E-state index contributed by atoms with van der Waals surface area (Å²) in [5.74, 6) is 5.46. The highest BCUT2D eigenvalue weighted by atomic mass is 16.3. The van der Waals surface area contributed by atoms with Gasteiger partial charge >= 0.3 is 0 Å². The highest BCUT2D eigenvalue weighted by molar-refractivity contribution is 5.20. The Bertz CT molecular complexity index is 372. The van der Waals surface area contributed by atoms with E-state index in [9.17, 15) is 0 Å². The molecular formula is C17H31N3O. The third-order valence-corrected chi connectivity index (χ3v) is 4.11. The highest BCUT2D eigenvalue weighted by Gasteiger charge is 2.24. The Balaban J connectivity index is 0.000000196. The van der Waals surface area contributed by atoms with Crippen LogP contribution in [0, 0.1) is 0 Å². The third-order valence-electron chi connectivity index (χ3n) is 4.11. The van der Waals surface area contributed by atoms with Gasteiger partial charge in [0.1, 0.15) is 0 Å². The standard InChI is InChI=1S/C10H13N.C5H12N2O.C2H6/c1-11-8-7-10(11)9-5-3-2-4-6-9;6-7-3-1-2-5(7)4-8;1-2/h2-6,10H,7-8H2,1H3;5,8H,1-4,6H2;1-2H3. The van der Waals surface area contributed by atoms with E-state index in [0.29, 0.717) is 6.04 Å². The van der Waals surface area contributed by atoms with Gasteiger partial charge in [-0.1, -0.05) is 44.2 Å². The van der Waals surface area contributed by atoms with Crippen molar-refractivity contribution in [2.24, 2.45) is 5.84 Å². The van der Waals surface area contributed by atoms with Crippen molar-refractivity contribution in [1.29, 1.82) is 0 Å². The summed E-state index contributed by atoms with van der Waals surface area (Å²) in [7, 11) is 2.18. The third kappa shape index (κ3) is 5.40. The highest BCUT2D eigenvalue weighted by Crippen LogP contribution is 2.30. The molecule has 0 saturated carbocycles. The first-order chi connectivity index (χ1) is 10.2. The molecule has 0 radical (unpaired) electrons. The summed E-state index contributed by atoms with van der Waals surface area (Å²) in [6, 6.07) is 11.6. The summed E-state index contributed by atoms with van der Waals surface area (Å²) < 4.78 is 0. The maximum atomic E-state index is 8.61. The molecule has 2 heterocycles. The molecular weight excluding hydrogens is 262 g/mol. The fraction of sp³-hybridized carbons (Fsp3) is 0.647. The molecule has 4 heteroatoms. The number of hydrazine groups is 1. The van der Waals surface area contributed by atoms with E-state index in [-0.39, 0.29) is 12.6 Å². The molecule has 2 saturated heterocycles. The molecule has 0 aromatic heterocycles. The fourth-order valence-electron chi connectivity index (χ4n) is 2.67. The molecule has 0 bridgehead atoms. The van der Waals surface area contributed by atoms with Gasteiger partial charge in [-0.25, -0.2) is 5.01 Å². The smallest absolute Gasteiger partial charge is 0.0600 e. The minimum atomic E-state index is 0.205. The second-order valence-electron chi connectivity index (χ2n) is 5.41. The predicted octanol–water partition coefficient (Wildman–Crippen LogP) is 2.41. The van der Waals surface area contributed by atoms with Crippen molar-refractivity contribution in [3.63, 3.8) is 0 Å². The molecule has 2 aliphatic rings. The Morgan fingerprint density at radius 1 is 1.14 bits per heavy atom. The van der Waals surface area contributed by atoms with E-state index in [1.807, 2.05) is 13.8 Å². The van der Waals surface area contributed by atoms with Crippen LogP contribution in [0.2, 0.25) is 0 Å². The minimum Gasteiger partial charge on any atom is -0.395 e. The van der Waals surface area contributed by atoms with Crippen LogP contribution in [0.4, 0.5) is 0 Å². The largest absolute Gasteiger partial charge is 0.395 e. The Kier molecular flexibility index (Phi) is 8.54. The average Bonchev–Trinajstić information content (AvgIpc) is 2.95. The minimum absolute atomic E-state index is 0.205. The molecule has 0 aliphatic carbocycles. The van der Waals surface area contributed by atoms with Gasteiger partial charge in [0.2, 0.25) is 0 Å². The number of benzene rings is 1. The molecule has 2 aliphatic heterocycles. The van der Waals surface area contributed by atoms with Gasteiger partial charge in [0.05, 0.1) is 6.61 Å². The van der Waals surface area contributed by atoms with Crippen molar-refractivity contribution < 1.29 is 5.11 Å². The van der Waals surface area contributed by atoms with Gasteiger partial charge in [-0.2, -0.15) is 0 Å². The van der Waals surface area contributed by atoms with Crippen molar-refractivity contribution in [2.45, 2.75) is 45.2 Å². The monoisotopic (exact) mass is 293 g/mol. The quantitative estimate of drug-likeness (QED) is 0.822. The summed E-state index contributed by atoms with van der Waals surface area (Å²) >= 11 is 0. The lowest BCUT2D eigenvalue weighted by Gasteiger charge is -2.38. The second-order valence-corrected chi connectivity index (χ2v) is 5.41. The number of rotatable bonds is 2. The van der Waals surface area contributed by atoms with Gasteiger partial charge in [-0.05, 0) is 31.9 Å². The van der Waals surface area contributed by atoms with E-state index in [1.54, 1.807) is 5.01 Å². The normalized spacial score (nSPS) is 25.2. The molecule has 120 valence electrons. The van der Waals surface area contributed by atoms with Gasteiger partial charge in [-0.3, -0.25) is 10.7 Å². The Labute approximate surface area is 129 Å². The van der Waals surface area contributed by atoms with Crippen molar-refractivity contribution in [3.05, 3.63) is 35.9 Å². The van der Waals surface area contributed by atoms with Crippen LogP contribution in [0.1, 0.15) is 44.7 Å². The van der Waals surface area contributed by atoms with Crippen LogP contribution in [-0.4, -0.2) is 47.8 Å². The first kappa shape index (κ1) is 18.1. The van der Waals surface area contributed by atoms with Crippen LogP contribution < -0.4 is 5.84 Å². The summed E-state index contributed by atoms with van der Waals surface area (Å²) in [5.41, 5.74) is 1.46. The van der Waals surface area contributed by atoms with E-state index in [4.69, 9.17) is 10.9 Å². The van der Waals surface area contributed by atoms with Crippen LogP contribution >= 0.6 is 0 Å². The lowest BCUT2D eigenvalue weighted by Crippen LogP contribution is -2.37. The van der Waals surface area contributed by atoms with Gasteiger partial charge in [-0.15, -0.1) is 0 Å². The number of hydrogen-bond donors (Lipinski definition) is 2. The summed E-state index contributed by atoms with van der Waals surface area (Å²) in [5, 5.41) is 10.3. The lowest BCUT2D eigenvalue weighted by molar-refractivity contribution is 0.128. The first-order valence-electron chi connectivity index (χ1n) is 8.09. The molecule has 3 rings (SSSR count). The first-order valence-corrected chi connectivity index (χ1v) is 8.09. The maximum absolute atomic E-state index is 8.61. The molecule has 0 amide bonds. The maximum Gasteiger partial charge on any atom is 0.0600 e. The lowest BCUT2D eigenvalue weighted by atomic mass is 9.96. The number of hydrogen-bond acceptors (Lipinski definition) is 4. The molecule has 1 aromatic carbocycles. The van der Waals surface area contributed by atoms with Crippen LogP contribution in [0.5, 0.6) is 0 Å². The molecule has 4 nitrogen and oxygen atoms in total. The van der Waals surface area contributed by atoms with Crippen LogP contribution in [-0.2, 0) is 0 Å². The zero-order valence-corrected chi connectivity index (χ0v) is 13.7. The topological polar surface area (TPSA) is 52.7 Å². The Morgan fingerprint density at radius 2 is 1.81 bits per heavy atom. The van der Waals surface area contributed by atoms with Gasteiger partial charge < -0.3 is 5.11 Å². The van der Waals surface area contributed by atoms with Crippen molar-refractivity contribution >= 4 is 0 Å². The van der Waals surface area contributed by atoms with E-state index < -0.39 is 0 Å². The predicted molar refractivity (Wildman–Crippen MR) is 88.8 cm³/mol.